The molecule has 5 nitrogen and oxygen atoms in total. The molecule has 1 aliphatic rings. The third-order valence-corrected chi connectivity index (χ3v) is 3.55. The van der Waals surface area contributed by atoms with Crippen LogP contribution in [0.15, 0.2) is 0 Å². The van der Waals surface area contributed by atoms with Gasteiger partial charge in [-0.15, -0.1) is 0 Å². The largest absolute Gasteiger partial charge is 0.444 e. The van der Waals surface area contributed by atoms with E-state index in [1.54, 1.807) is 0 Å². The second-order valence-electron chi connectivity index (χ2n) is 6.96. The van der Waals surface area contributed by atoms with Crippen LogP contribution in [-0.4, -0.2) is 36.4 Å². The summed E-state index contributed by atoms with van der Waals surface area (Å²) < 4.78 is 5.29. The number of hydrogen-bond acceptors (Lipinski definition) is 4. The number of nitrogens with two attached hydrogens (primary N) is 1. The summed E-state index contributed by atoms with van der Waals surface area (Å²) in [6.07, 6.45) is 1.71. The molecule has 0 saturated carbocycles. The third kappa shape index (κ3) is 5.37. The van der Waals surface area contributed by atoms with Crippen molar-refractivity contribution in [1.82, 2.24) is 10.6 Å². The van der Waals surface area contributed by atoms with Crippen LogP contribution in [0, 0.1) is 5.92 Å². The van der Waals surface area contributed by atoms with Crippen molar-refractivity contribution in [3.63, 3.8) is 0 Å². The molecule has 1 rings (SSSR count). The summed E-state index contributed by atoms with van der Waals surface area (Å²) >= 11 is 0. The molecule has 0 aromatic heterocycles. The van der Waals surface area contributed by atoms with Gasteiger partial charge in [0.1, 0.15) is 5.60 Å². The van der Waals surface area contributed by atoms with E-state index < -0.39 is 17.2 Å². The van der Waals surface area contributed by atoms with Crippen molar-refractivity contribution >= 4 is 6.09 Å². The minimum absolute atomic E-state index is 0.0675. The molecule has 0 aromatic rings. The Hall–Kier alpha value is -0.810. The lowest BCUT2D eigenvalue weighted by Gasteiger charge is -2.39. The summed E-state index contributed by atoms with van der Waals surface area (Å²) in [6.45, 7) is 11.5. The van der Waals surface area contributed by atoms with Crippen molar-refractivity contribution in [3.8, 4) is 0 Å². The molecule has 0 spiro atoms. The topological polar surface area (TPSA) is 76.4 Å². The van der Waals surface area contributed by atoms with E-state index in [0.29, 0.717) is 5.92 Å². The van der Waals surface area contributed by atoms with Gasteiger partial charge in [0.2, 0.25) is 0 Å². The van der Waals surface area contributed by atoms with Crippen LogP contribution >= 0.6 is 0 Å². The molecule has 1 unspecified atom stereocenters. The molecule has 112 valence electrons. The maximum atomic E-state index is 11.9. The standard InChI is InChI=1S/C14H29N3O2/c1-13(2,3)19-12(18)17-14(4,5)11(15)10-6-8-16-9-7-10/h10-11,16H,6-9,15H2,1-5H3,(H,17,18). The monoisotopic (exact) mass is 271 g/mol. The van der Waals surface area contributed by atoms with E-state index in [2.05, 4.69) is 10.6 Å². The normalized spacial score (nSPS) is 19.9. The Morgan fingerprint density at radius 2 is 1.79 bits per heavy atom. The van der Waals surface area contributed by atoms with Crippen molar-refractivity contribution in [3.05, 3.63) is 0 Å². The van der Waals surface area contributed by atoms with Gasteiger partial charge in [0.25, 0.3) is 0 Å². The average molecular weight is 271 g/mol. The fraction of sp³-hybridized carbons (Fsp3) is 0.929. The summed E-state index contributed by atoms with van der Waals surface area (Å²) in [6, 6.07) is -0.0675. The fourth-order valence-electron chi connectivity index (χ4n) is 2.44. The van der Waals surface area contributed by atoms with E-state index in [0.717, 1.165) is 25.9 Å². The van der Waals surface area contributed by atoms with Crippen molar-refractivity contribution in [1.29, 1.82) is 0 Å². The van der Waals surface area contributed by atoms with Crippen LogP contribution in [0.2, 0.25) is 0 Å². The Bertz CT molecular complexity index is 304. The summed E-state index contributed by atoms with van der Waals surface area (Å²) in [5, 5.41) is 6.23. The predicted octanol–water partition coefficient (Wildman–Crippen LogP) is 1.62. The van der Waals surface area contributed by atoms with Gasteiger partial charge in [0.05, 0.1) is 5.54 Å². The van der Waals surface area contributed by atoms with Gasteiger partial charge in [-0.05, 0) is 66.5 Å². The van der Waals surface area contributed by atoms with Gasteiger partial charge >= 0.3 is 6.09 Å². The Morgan fingerprint density at radius 3 is 2.26 bits per heavy atom. The number of ether oxygens (including phenoxy) is 1. The molecule has 1 saturated heterocycles. The van der Waals surface area contributed by atoms with E-state index in [1.165, 1.54) is 0 Å². The lowest BCUT2D eigenvalue weighted by Crippen LogP contribution is -2.60. The molecule has 1 atom stereocenters. The third-order valence-electron chi connectivity index (χ3n) is 3.55. The summed E-state index contributed by atoms with van der Waals surface area (Å²) in [5.74, 6) is 0.436. The van der Waals surface area contributed by atoms with Crippen LogP contribution < -0.4 is 16.4 Å². The zero-order chi connectivity index (χ0) is 14.7. The van der Waals surface area contributed by atoms with Gasteiger partial charge < -0.3 is 21.1 Å². The van der Waals surface area contributed by atoms with Crippen LogP contribution in [0.1, 0.15) is 47.5 Å². The van der Waals surface area contributed by atoms with Gasteiger partial charge in [0.15, 0.2) is 0 Å². The zero-order valence-electron chi connectivity index (χ0n) is 12.9. The maximum Gasteiger partial charge on any atom is 0.408 e. The predicted molar refractivity (Wildman–Crippen MR) is 77.0 cm³/mol. The Balaban J connectivity index is 2.56. The van der Waals surface area contributed by atoms with Gasteiger partial charge in [-0.1, -0.05) is 0 Å². The van der Waals surface area contributed by atoms with Crippen LogP contribution in [0.5, 0.6) is 0 Å². The van der Waals surface area contributed by atoms with E-state index in [9.17, 15) is 4.79 Å². The first-order valence-electron chi connectivity index (χ1n) is 7.09. The van der Waals surface area contributed by atoms with Crippen LogP contribution in [-0.2, 0) is 4.74 Å². The van der Waals surface area contributed by atoms with Crippen LogP contribution in [0.3, 0.4) is 0 Å². The molecule has 1 heterocycles. The fourth-order valence-corrected chi connectivity index (χ4v) is 2.44. The first-order valence-corrected chi connectivity index (χ1v) is 7.09. The van der Waals surface area contributed by atoms with Gasteiger partial charge in [-0.3, -0.25) is 0 Å². The molecule has 0 aromatic carbocycles. The molecule has 0 bridgehead atoms. The van der Waals surface area contributed by atoms with Crippen LogP contribution in [0.4, 0.5) is 4.79 Å². The van der Waals surface area contributed by atoms with Crippen molar-refractivity contribution < 1.29 is 9.53 Å². The second kappa shape index (κ2) is 6.09. The summed E-state index contributed by atoms with van der Waals surface area (Å²) in [7, 11) is 0. The minimum Gasteiger partial charge on any atom is -0.444 e. The van der Waals surface area contributed by atoms with Crippen LogP contribution in [0.25, 0.3) is 0 Å². The number of rotatable bonds is 3. The molecular weight excluding hydrogens is 242 g/mol. The van der Waals surface area contributed by atoms with Crippen molar-refractivity contribution in [2.24, 2.45) is 11.7 Å². The molecule has 0 radical (unpaired) electrons. The molecule has 4 N–H and O–H groups in total. The molecule has 19 heavy (non-hydrogen) atoms. The molecule has 1 fully saturated rings. The number of carbonyl (C=O) groups is 1. The molecule has 0 aliphatic carbocycles. The lowest BCUT2D eigenvalue weighted by atomic mass is 9.80. The Kier molecular flexibility index (Phi) is 5.21. The summed E-state index contributed by atoms with van der Waals surface area (Å²) in [5.41, 5.74) is 5.39. The molecule has 1 amide bonds. The number of hydrogen-bond donors (Lipinski definition) is 3. The number of alkyl carbamates (subject to hydrolysis) is 1. The Labute approximate surface area is 116 Å². The first kappa shape index (κ1) is 16.2. The minimum atomic E-state index is -0.487. The van der Waals surface area contributed by atoms with Crippen molar-refractivity contribution in [2.45, 2.75) is 64.6 Å². The molecule has 5 heteroatoms. The highest BCUT2D eigenvalue weighted by Gasteiger charge is 2.35. The summed E-state index contributed by atoms with van der Waals surface area (Å²) in [4.78, 5) is 11.9. The smallest absolute Gasteiger partial charge is 0.408 e. The van der Waals surface area contributed by atoms with E-state index in [1.807, 2.05) is 34.6 Å². The van der Waals surface area contributed by atoms with Gasteiger partial charge in [0, 0.05) is 6.04 Å². The van der Waals surface area contributed by atoms with E-state index in [4.69, 9.17) is 10.5 Å². The highest BCUT2D eigenvalue weighted by molar-refractivity contribution is 5.68. The maximum absolute atomic E-state index is 11.9. The number of carbonyl (C=O) groups excluding carboxylic acids is 1. The van der Waals surface area contributed by atoms with Gasteiger partial charge in [-0.2, -0.15) is 0 Å². The highest BCUT2D eigenvalue weighted by Crippen LogP contribution is 2.23. The molecular formula is C14H29N3O2. The number of nitrogens with one attached hydrogen (secondary N) is 2. The number of amides is 1. The van der Waals surface area contributed by atoms with Crippen molar-refractivity contribution in [2.75, 3.05) is 13.1 Å². The quantitative estimate of drug-likeness (QED) is 0.729. The highest BCUT2D eigenvalue weighted by atomic mass is 16.6. The molecule has 1 aliphatic heterocycles. The van der Waals surface area contributed by atoms with Gasteiger partial charge in [-0.25, -0.2) is 4.79 Å². The SMILES string of the molecule is CC(C)(C)OC(=O)NC(C)(C)C(N)C1CCNCC1. The first-order chi connectivity index (χ1) is 8.62. The second-order valence-corrected chi connectivity index (χ2v) is 6.96. The van der Waals surface area contributed by atoms with E-state index in [-0.39, 0.29) is 6.04 Å². The Morgan fingerprint density at radius 1 is 1.26 bits per heavy atom. The van der Waals surface area contributed by atoms with E-state index >= 15 is 0 Å². The number of piperidine rings is 1. The average Bonchev–Trinajstić information content (AvgIpc) is 2.25. The lowest BCUT2D eigenvalue weighted by molar-refractivity contribution is 0.0439. The zero-order valence-corrected chi connectivity index (χ0v) is 12.9.